The van der Waals surface area contributed by atoms with Crippen LogP contribution in [0.4, 0.5) is 0 Å². The minimum atomic E-state index is -0.861. The lowest BCUT2D eigenvalue weighted by molar-refractivity contribution is -0.0796. The Morgan fingerprint density at radius 1 is 0.571 bits per heavy atom. The molecule has 0 saturated heterocycles. The van der Waals surface area contributed by atoms with Gasteiger partial charge in [0.2, 0.25) is 0 Å². The number of hydrogen-bond acceptors (Lipinski definition) is 5. The quantitative estimate of drug-likeness (QED) is 0.0529. The molecule has 356 valence electrons. The lowest BCUT2D eigenvalue weighted by Crippen LogP contribution is -2.47. The van der Waals surface area contributed by atoms with Crippen molar-refractivity contribution in [3.63, 3.8) is 0 Å². The number of aliphatic hydroxyl groups is 1. The van der Waals surface area contributed by atoms with Crippen LogP contribution < -0.4 is 10.7 Å². The minimum absolute atomic E-state index is 0. The van der Waals surface area contributed by atoms with Gasteiger partial charge in [-0.2, -0.15) is 5.10 Å². The number of pyridine rings is 2. The van der Waals surface area contributed by atoms with Crippen molar-refractivity contribution in [3.8, 4) is 0 Å². The lowest BCUT2D eigenvalue weighted by atomic mass is 9.73. The molecule has 0 aliphatic heterocycles. The van der Waals surface area contributed by atoms with Crippen LogP contribution in [0.5, 0.6) is 0 Å². The maximum Gasteiger partial charge on any atom is 0.137 e. The summed E-state index contributed by atoms with van der Waals surface area (Å²) in [7, 11) is 0. The number of aryl methyl sites for hydroxylation is 3. The average Bonchev–Trinajstić information content (AvgIpc) is 3.77. The standard InChI is InChI=1S/C36H62N4.C16H22ClN3O.2ClH/c1-3-5-7-9-15-19-27-37-35-23-31-39(32-24-35)29-21-17-13-11-12-14-18-22-30-40-33-25-36(26-34-40)38-28-20-16-10-8-6-4-2;1-15(2,3)16(21,10-20-12-18-11-19-20)9-8-13-4-6-14(17)7-5-13;;/h23-26,31-34H,3-22,27-30H2,1-2H3;4-7,11-12,21H,8-10H2,1-3H3;2*1H. The van der Waals surface area contributed by atoms with Crippen LogP contribution in [-0.2, 0) is 26.1 Å². The fraction of sp³-hybridized carbons (Fsp3) is 0.654. The van der Waals surface area contributed by atoms with Crippen molar-refractivity contribution in [2.75, 3.05) is 13.1 Å². The van der Waals surface area contributed by atoms with Crippen molar-refractivity contribution in [2.24, 2.45) is 15.4 Å². The highest BCUT2D eigenvalue weighted by Crippen LogP contribution is 2.35. The second-order valence-electron chi connectivity index (χ2n) is 18.2. The normalized spacial score (nSPS) is 12.0. The minimum Gasteiger partial charge on any atom is -0.387 e. The summed E-state index contributed by atoms with van der Waals surface area (Å²) < 4.78 is 6.32. The number of halogens is 3. The molecule has 0 fully saturated rings. The van der Waals surface area contributed by atoms with Gasteiger partial charge in [-0.05, 0) is 85.9 Å². The Balaban J connectivity index is 0.000000727. The molecule has 63 heavy (non-hydrogen) atoms. The van der Waals surface area contributed by atoms with Gasteiger partial charge in [-0.25, -0.2) is 4.98 Å². The zero-order valence-electron chi connectivity index (χ0n) is 39.9. The number of nitrogens with zero attached hydrogens (tertiary/aromatic N) is 7. The molecule has 1 atom stereocenters. The molecule has 0 amide bonds. The average molecular weight is 932 g/mol. The summed E-state index contributed by atoms with van der Waals surface area (Å²) in [6.07, 6.45) is 40.1. The van der Waals surface area contributed by atoms with Crippen LogP contribution in [0.2, 0.25) is 5.02 Å². The second-order valence-corrected chi connectivity index (χ2v) is 18.7. The maximum absolute atomic E-state index is 11.1. The predicted octanol–water partition coefficient (Wildman–Crippen LogP) is 13.8. The molecule has 4 rings (SSSR count). The molecule has 3 heterocycles. The van der Waals surface area contributed by atoms with Crippen LogP contribution in [0, 0.1) is 5.41 Å². The van der Waals surface area contributed by atoms with Gasteiger partial charge in [-0.15, -0.1) is 24.8 Å². The first-order valence-corrected chi connectivity index (χ1v) is 24.6. The summed E-state index contributed by atoms with van der Waals surface area (Å²) in [5.74, 6) is 0. The van der Waals surface area contributed by atoms with Crippen molar-refractivity contribution < 1.29 is 5.11 Å². The molecular formula is C52H86Cl3N7O. The van der Waals surface area contributed by atoms with E-state index in [-0.39, 0.29) is 30.2 Å². The molecule has 3 aromatic heterocycles. The zero-order chi connectivity index (χ0) is 43.9. The largest absolute Gasteiger partial charge is 0.387 e. The first kappa shape index (κ1) is 58.1. The van der Waals surface area contributed by atoms with E-state index < -0.39 is 5.60 Å². The first-order chi connectivity index (χ1) is 29.6. The van der Waals surface area contributed by atoms with Crippen molar-refractivity contribution in [1.82, 2.24) is 23.9 Å². The Labute approximate surface area is 400 Å². The molecule has 8 nitrogen and oxygen atoms in total. The van der Waals surface area contributed by atoms with E-state index in [4.69, 9.17) is 21.6 Å². The molecule has 0 saturated carbocycles. The Morgan fingerprint density at radius 3 is 1.38 bits per heavy atom. The summed E-state index contributed by atoms with van der Waals surface area (Å²) in [5.41, 5.74) is 0.0479. The van der Waals surface area contributed by atoms with Crippen LogP contribution in [-0.4, -0.2) is 47.7 Å². The van der Waals surface area contributed by atoms with Gasteiger partial charge < -0.3 is 14.2 Å². The van der Waals surface area contributed by atoms with E-state index in [1.54, 1.807) is 11.0 Å². The van der Waals surface area contributed by atoms with Gasteiger partial charge in [0.15, 0.2) is 0 Å². The maximum atomic E-state index is 11.1. The summed E-state index contributed by atoms with van der Waals surface area (Å²) >= 11 is 5.90. The van der Waals surface area contributed by atoms with Crippen LogP contribution >= 0.6 is 36.4 Å². The van der Waals surface area contributed by atoms with E-state index in [9.17, 15) is 5.11 Å². The van der Waals surface area contributed by atoms with Gasteiger partial charge in [-0.1, -0.05) is 161 Å². The molecule has 1 unspecified atom stereocenters. The molecule has 0 aliphatic carbocycles. The van der Waals surface area contributed by atoms with E-state index in [1.165, 1.54) is 140 Å². The Hall–Kier alpha value is -2.91. The third-order valence-electron chi connectivity index (χ3n) is 12.0. The van der Waals surface area contributed by atoms with Gasteiger partial charge in [0.05, 0.1) is 22.9 Å². The van der Waals surface area contributed by atoms with E-state index in [0.717, 1.165) is 48.3 Å². The summed E-state index contributed by atoms with van der Waals surface area (Å²) in [6.45, 7) is 15.3. The van der Waals surface area contributed by atoms with E-state index in [1.807, 2.05) is 45.0 Å². The monoisotopic (exact) mass is 930 g/mol. The molecular weight excluding hydrogens is 845 g/mol. The van der Waals surface area contributed by atoms with E-state index in [2.05, 4.69) is 82.1 Å². The van der Waals surface area contributed by atoms with Crippen LogP contribution in [0.1, 0.15) is 175 Å². The van der Waals surface area contributed by atoms with E-state index >= 15 is 0 Å². The van der Waals surface area contributed by atoms with Crippen molar-refractivity contribution in [3.05, 3.63) is 107 Å². The predicted molar refractivity (Wildman–Crippen MR) is 272 cm³/mol. The first-order valence-electron chi connectivity index (χ1n) is 24.2. The third-order valence-corrected chi connectivity index (χ3v) is 12.2. The van der Waals surface area contributed by atoms with Crippen molar-refractivity contribution in [2.45, 2.75) is 201 Å². The highest BCUT2D eigenvalue weighted by Gasteiger charge is 2.40. The highest BCUT2D eigenvalue weighted by molar-refractivity contribution is 6.30. The van der Waals surface area contributed by atoms with Gasteiger partial charge in [0.25, 0.3) is 0 Å². The summed E-state index contributed by atoms with van der Waals surface area (Å²) in [6, 6.07) is 16.5. The molecule has 0 aliphatic rings. The third kappa shape index (κ3) is 26.6. The SMILES string of the molecule is CC(C)(C)C(O)(CCc1ccc(Cl)cc1)Cn1cncn1.CCCCCCCCN=c1ccn(CCCCCCCCCCn2ccc(=NCCCCCCCC)cc2)cc1.Cl.Cl. The lowest BCUT2D eigenvalue weighted by Gasteiger charge is -2.40. The number of hydrogen-bond donors (Lipinski definition) is 1. The number of rotatable bonds is 30. The molecule has 0 bridgehead atoms. The molecule has 4 aromatic rings. The molecule has 0 radical (unpaired) electrons. The van der Waals surface area contributed by atoms with Crippen LogP contribution in [0.3, 0.4) is 0 Å². The van der Waals surface area contributed by atoms with Gasteiger partial charge >= 0.3 is 0 Å². The fourth-order valence-corrected chi connectivity index (χ4v) is 7.66. The Bertz CT molecular complexity index is 1680. The van der Waals surface area contributed by atoms with Crippen LogP contribution in [0.25, 0.3) is 0 Å². The highest BCUT2D eigenvalue weighted by atomic mass is 35.5. The van der Waals surface area contributed by atoms with Gasteiger partial charge in [-0.3, -0.25) is 14.7 Å². The number of benzene rings is 1. The van der Waals surface area contributed by atoms with Crippen molar-refractivity contribution >= 4 is 36.4 Å². The summed E-state index contributed by atoms with van der Waals surface area (Å²) in [4.78, 5) is 13.4. The Kier molecular flexibility index (Phi) is 32.6. The Morgan fingerprint density at radius 2 is 0.984 bits per heavy atom. The van der Waals surface area contributed by atoms with Gasteiger partial charge in [0.1, 0.15) is 12.7 Å². The van der Waals surface area contributed by atoms with E-state index in [0.29, 0.717) is 13.0 Å². The molecule has 11 heteroatoms. The van der Waals surface area contributed by atoms with Crippen LogP contribution in [0.15, 0.2) is 96.0 Å². The van der Waals surface area contributed by atoms with Gasteiger partial charge in [0, 0.05) is 56.0 Å². The molecule has 0 spiro atoms. The number of aromatic nitrogens is 5. The van der Waals surface area contributed by atoms with Crippen molar-refractivity contribution in [1.29, 1.82) is 0 Å². The number of unbranched alkanes of at least 4 members (excludes halogenated alkanes) is 17. The smallest absolute Gasteiger partial charge is 0.137 e. The summed E-state index contributed by atoms with van der Waals surface area (Å²) in [5, 5.41) is 18.2. The topological polar surface area (TPSA) is 85.5 Å². The second kappa shape index (κ2) is 35.4. The molecule has 1 N–H and O–H groups in total. The fourth-order valence-electron chi connectivity index (χ4n) is 7.53. The molecule has 1 aromatic carbocycles. The zero-order valence-corrected chi connectivity index (χ0v) is 42.3.